The Morgan fingerprint density at radius 1 is 1.04 bits per heavy atom. The van der Waals surface area contributed by atoms with Crippen LogP contribution in [0.2, 0.25) is 0 Å². The molecule has 0 radical (unpaired) electrons. The second-order valence-electron chi connectivity index (χ2n) is 6.75. The minimum absolute atomic E-state index is 0.0215. The van der Waals surface area contributed by atoms with Crippen molar-refractivity contribution in [2.24, 2.45) is 5.16 Å². The summed E-state index contributed by atoms with van der Waals surface area (Å²) in [5.74, 6) is -0.0215. The first-order chi connectivity index (χ1) is 13.5. The molecule has 0 unspecified atom stereocenters. The predicted molar refractivity (Wildman–Crippen MR) is 103 cm³/mol. The normalized spacial score (nSPS) is 17.1. The van der Waals surface area contributed by atoms with Crippen LogP contribution in [-0.2, 0) is 11.4 Å². The molecule has 0 bridgehead atoms. The number of ketones is 1. The van der Waals surface area contributed by atoms with E-state index in [4.69, 9.17) is 4.84 Å². The Morgan fingerprint density at radius 3 is 2.36 bits per heavy atom. The largest absolute Gasteiger partial charge is 0.390 e. The van der Waals surface area contributed by atoms with Crippen molar-refractivity contribution in [1.82, 2.24) is 9.80 Å². The molecule has 2 aromatic carbocycles. The molecule has 0 N–H and O–H groups in total. The van der Waals surface area contributed by atoms with E-state index in [1.54, 1.807) is 18.2 Å². The second-order valence-corrected chi connectivity index (χ2v) is 6.75. The number of carbonyl (C=O) groups is 1. The van der Waals surface area contributed by atoms with Crippen LogP contribution in [0.1, 0.15) is 21.5 Å². The fourth-order valence-corrected chi connectivity index (χ4v) is 3.52. The number of hydrogen-bond donors (Lipinski definition) is 0. The summed E-state index contributed by atoms with van der Waals surface area (Å²) in [6.07, 6.45) is 0. The van der Waals surface area contributed by atoms with Gasteiger partial charge >= 0.3 is 0 Å². The minimum atomic E-state index is -0.443. The molecular weight excluding hydrogens is 360 g/mol. The monoisotopic (exact) mass is 378 g/mol. The fourth-order valence-electron chi connectivity index (χ4n) is 3.52. The van der Waals surface area contributed by atoms with Gasteiger partial charge in [-0.25, -0.2) is 0 Å². The average Bonchev–Trinajstić information content (AvgIpc) is 2.99. The summed E-state index contributed by atoms with van der Waals surface area (Å²) in [5.41, 5.74) is 4.09. The number of allylic oxidation sites excluding steroid dienone is 2. The molecule has 142 valence electrons. The summed E-state index contributed by atoms with van der Waals surface area (Å²) < 4.78 is 0. The van der Waals surface area contributed by atoms with Crippen LogP contribution in [-0.4, -0.2) is 47.0 Å². The van der Waals surface area contributed by atoms with Crippen LogP contribution in [0.4, 0.5) is 5.69 Å². The summed E-state index contributed by atoms with van der Waals surface area (Å²) in [7, 11) is 3.78. The molecule has 2 aromatic rings. The first kappa shape index (κ1) is 17.7. The quantitative estimate of drug-likeness (QED) is 0.600. The highest BCUT2D eigenvalue weighted by molar-refractivity contribution is 6.28. The Kier molecular flexibility index (Phi) is 4.31. The van der Waals surface area contributed by atoms with Crippen molar-refractivity contribution < 1.29 is 14.6 Å². The van der Waals surface area contributed by atoms with Gasteiger partial charge in [0.15, 0.2) is 0 Å². The molecule has 28 heavy (non-hydrogen) atoms. The number of fused-ring (bicyclic) bond motifs is 1. The van der Waals surface area contributed by atoms with Gasteiger partial charge in [-0.15, -0.1) is 0 Å². The topological polar surface area (TPSA) is 88.3 Å². The molecule has 0 saturated heterocycles. The Morgan fingerprint density at radius 2 is 1.68 bits per heavy atom. The van der Waals surface area contributed by atoms with Gasteiger partial charge in [-0.3, -0.25) is 14.9 Å². The summed E-state index contributed by atoms with van der Waals surface area (Å²) in [4.78, 5) is 32.7. The van der Waals surface area contributed by atoms with E-state index in [0.717, 1.165) is 16.8 Å². The van der Waals surface area contributed by atoms with Gasteiger partial charge in [-0.05, 0) is 17.7 Å². The number of non-ortho nitro benzene ring substituents is 1. The van der Waals surface area contributed by atoms with E-state index in [0.29, 0.717) is 23.6 Å². The fraction of sp³-hybridized carbons (Fsp3) is 0.200. The molecule has 1 aliphatic heterocycles. The number of likely N-dealkylation sites (N-methyl/N-ethyl adjacent to an activating group) is 2. The number of carbonyl (C=O) groups excluding carboxylic acids is 1. The van der Waals surface area contributed by atoms with Crippen LogP contribution in [0, 0.1) is 10.1 Å². The number of Topliss-reactive ketones (excluding diaryl/α,β-unsaturated/α-hetero) is 1. The van der Waals surface area contributed by atoms with Crippen molar-refractivity contribution in [2.75, 3.05) is 20.8 Å². The summed E-state index contributed by atoms with van der Waals surface area (Å²) in [5, 5.41) is 15.1. The highest BCUT2D eigenvalue weighted by Gasteiger charge is 2.39. The smallest absolute Gasteiger partial charge is 0.269 e. The van der Waals surface area contributed by atoms with Gasteiger partial charge in [0.2, 0.25) is 5.78 Å². The highest BCUT2D eigenvalue weighted by atomic mass is 16.6. The van der Waals surface area contributed by atoms with Gasteiger partial charge in [-0.2, -0.15) is 0 Å². The van der Waals surface area contributed by atoms with Crippen molar-refractivity contribution in [3.8, 4) is 0 Å². The van der Waals surface area contributed by atoms with E-state index in [9.17, 15) is 14.9 Å². The molecule has 1 heterocycles. The third-order valence-corrected chi connectivity index (χ3v) is 4.81. The Balaban J connectivity index is 1.65. The van der Waals surface area contributed by atoms with Crippen molar-refractivity contribution in [3.63, 3.8) is 0 Å². The molecule has 2 aliphatic rings. The third kappa shape index (κ3) is 2.88. The Labute approximate surface area is 161 Å². The zero-order chi connectivity index (χ0) is 19.8. The molecule has 0 amide bonds. The SMILES string of the molecule is CN1CN(C)C2=C1C(=O)c1ccccc1/C2=N/OCc1ccc([N+](=O)[O-])cc1. The van der Waals surface area contributed by atoms with Gasteiger partial charge in [0.25, 0.3) is 5.69 Å². The Bertz CT molecular complexity index is 1030. The van der Waals surface area contributed by atoms with Crippen LogP contribution in [0.25, 0.3) is 0 Å². The van der Waals surface area contributed by atoms with E-state index >= 15 is 0 Å². The van der Waals surface area contributed by atoms with Crippen molar-refractivity contribution in [3.05, 3.63) is 86.7 Å². The van der Waals surface area contributed by atoms with E-state index in [2.05, 4.69) is 5.16 Å². The van der Waals surface area contributed by atoms with Crippen LogP contribution in [0.3, 0.4) is 0 Å². The van der Waals surface area contributed by atoms with Gasteiger partial charge in [0.1, 0.15) is 18.0 Å². The van der Waals surface area contributed by atoms with Crippen molar-refractivity contribution in [2.45, 2.75) is 6.61 Å². The molecule has 4 rings (SSSR count). The number of rotatable bonds is 4. The molecule has 0 atom stereocenters. The number of nitro benzene ring substituents is 1. The average molecular weight is 378 g/mol. The lowest BCUT2D eigenvalue weighted by molar-refractivity contribution is -0.384. The van der Waals surface area contributed by atoms with E-state index in [1.165, 1.54) is 12.1 Å². The van der Waals surface area contributed by atoms with Crippen LogP contribution >= 0.6 is 0 Å². The number of oxime groups is 1. The second kappa shape index (κ2) is 6.80. The van der Waals surface area contributed by atoms with Gasteiger partial charge < -0.3 is 14.6 Å². The maximum Gasteiger partial charge on any atom is 0.269 e. The lowest BCUT2D eigenvalue weighted by Crippen LogP contribution is -2.27. The zero-order valence-electron chi connectivity index (χ0n) is 15.5. The summed E-state index contributed by atoms with van der Waals surface area (Å²) in [6.45, 7) is 0.755. The minimum Gasteiger partial charge on any atom is -0.390 e. The maximum atomic E-state index is 12.9. The van der Waals surface area contributed by atoms with Crippen LogP contribution in [0.5, 0.6) is 0 Å². The van der Waals surface area contributed by atoms with Gasteiger partial charge in [0, 0.05) is 37.4 Å². The van der Waals surface area contributed by atoms with Crippen LogP contribution < -0.4 is 0 Å². The molecular formula is C20H18N4O4. The lowest BCUT2D eigenvalue weighted by atomic mass is 9.90. The molecule has 1 aliphatic carbocycles. The van der Waals surface area contributed by atoms with Crippen LogP contribution in [0.15, 0.2) is 65.1 Å². The number of benzene rings is 2. The van der Waals surface area contributed by atoms with Crippen molar-refractivity contribution >= 4 is 17.2 Å². The van der Waals surface area contributed by atoms with E-state index in [-0.39, 0.29) is 18.1 Å². The molecule has 0 aromatic heterocycles. The maximum absolute atomic E-state index is 12.9. The molecule has 8 heteroatoms. The molecule has 0 spiro atoms. The molecule has 8 nitrogen and oxygen atoms in total. The van der Waals surface area contributed by atoms with E-state index in [1.807, 2.05) is 42.1 Å². The number of hydrogen-bond acceptors (Lipinski definition) is 7. The highest BCUT2D eigenvalue weighted by Crippen LogP contribution is 2.33. The third-order valence-electron chi connectivity index (χ3n) is 4.81. The number of nitrogens with zero attached hydrogens (tertiary/aromatic N) is 4. The van der Waals surface area contributed by atoms with Gasteiger partial charge in [0.05, 0.1) is 17.3 Å². The molecule has 0 fully saturated rings. The first-order valence-corrected chi connectivity index (χ1v) is 8.71. The zero-order valence-corrected chi connectivity index (χ0v) is 15.5. The summed E-state index contributed by atoms with van der Waals surface area (Å²) in [6, 6.07) is 13.5. The standard InChI is InChI=1S/C20H18N4O4/c1-22-12-23(2)19-18(22)17(15-5-3-4-6-16(15)20(19)25)21-28-11-13-7-9-14(10-8-13)24(26)27/h3-10H,11-12H2,1-2H3/b21-17-. The molecule has 0 saturated carbocycles. The predicted octanol–water partition coefficient (Wildman–Crippen LogP) is 2.76. The first-order valence-electron chi connectivity index (χ1n) is 8.71. The Hall–Kier alpha value is -3.68. The summed E-state index contributed by atoms with van der Waals surface area (Å²) >= 11 is 0. The lowest BCUT2D eigenvalue weighted by Gasteiger charge is -2.22. The van der Waals surface area contributed by atoms with Gasteiger partial charge in [-0.1, -0.05) is 29.4 Å². The van der Waals surface area contributed by atoms with E-state index < -0.39 is 4.92 Å². The van der Waals surface area contributed by atoms with Crippen molar-refractivity contribution in [1.29, 1.82) is 0 Å². The number of nitro groups is 1.